The van der Waals surface area contributed by atoms with Crippen LogP contribution in [0.1, 0.15) is 44.2 Å². The van der Waals surface area contributed by atoms with E-state index in [0.717, 1.165) is 30.1 Å². The van der Waals surface area contributed by atoms with Gasteiger partial charge in [0.15, 0.2) is 0 Å². The van der Waals surface area contributed by atoms with Gasteiger partial charge in [-0.15, -0.1) is 0 Å². The summed E-state index contributed by atoms with van der Waals surface area (Å²) in [6.07, 6.45) is 7.72. The maximum absolute atomic E-state index is 5.95. The number of aromatic nitrogens is 1. The maximum atomic E-state index is 5.95. The Hall–Kier alpha value is -1.09. The largest absolute Gasteiger partial charge is 0.359 e. The fourth-order valence-corrected chi connectivity index (χ4v) is 3.97. The van der Waals surface area contributed by atoms with Crippen molar-refractivity contribution in [2.45, 2.75) is 38.6 Å². The summed E-state index contributed by atoms with van der Waals surface area (Å²) >= 11 is 0. The molecule has 2 aliphatic rings. The molecular formula is C16H25N3. The molecule has 0 saturated heterocycles. The topological polar surface area (TPSA) is 42.1 Å². The van der Waals surface area contributed by atoms with Crippen LogP contribution >= 0.6 is 0 Å². The van der Waals surface area contributed by atoms with Gasteiger partial charge in [0, 0.05) is 25.8 Å². The van der Waals surface area contributed by atoms with Gasteiger partial charge in [-0.2, -0.15) is 0 Å². The van der Waals surface area contributed by atoms with E-state index >= 15 is 0 Å². The van der Waals surface area contributed by atoms with E-state index in [4.69, 9.17) is 5.73 Å². The Morgan fingerprint density at radius 2 is 2.26 bits per heavy atom. The molecule has 2 saturated carbocycles. The predicted octanol–water partition coefficient (Wildman–Crippen LogP) is 2.97. The SMILES string of the molecule is C[C@H](N)c1ccnc(N(C)CC2CC3CCC2C3)c1. The van der Waals surface area contributed by atoms with Crippen molar-refractivity contribution in [2.75, 3.05) is 18.5 Å². The van der Waals surface area contributed by atoms with Crippen molar-refractivity contribution in [3.8, 4) is 0 Å². The first-order chi connectivity index (χ1) is 9.13. The minimum absolute atomic E-state index is 0.0812. The van der Waals surface area contributed by atoms with E-state index in [2.05, 4.69) is 23.0 Å². The lowest BCUT2D eigenvalue weighted by Crippen LogP contribution is -2.29. The van der Waals surface area contributed by atoms with Gasteiger partial charge in [0.1, 0.15) is 5.82 Å². The lowest BCUT2D eigenvalue weighted by atomic mass is 9.88. The lowest BCUT2D eigenvalue weighted by Gasteiger charge is -2.28. The number of hydrogen-bond acceptors (Lipinski definition) is 3. The van der Waals surface area contributed by atoms with Crippen LogP contribution < -0.4 is 10.6 Å². The number of pyridine rings is 1. The summed E-state index contributed by atoms with van der Waals surface area (Å²) in [6.45, 7) is 3.17. The van der Waals surface area contributed by atoms with Crippen molar-refractivity contribution < 1.29 is 0 Å². The average molecular weight is 259 g/mol. The van der Waals surface area contributed by atoms with Gasteiger partial charge in [-0.05, 0) is 61.6 Å². The van der Waals surface area contributed by atoms with Crippen LogP contribution in [0.15, 0.2) is 18.3 Å². The molecule has 0 aromatic carbocycles. The van der Waals surface area contributed by atoms with Crippen LogP contribution in [-0.4, -0.2) is 18.6 Å². The minimum Gasteiger partial charge on any atom is -0.359 e. The Morgan fingerprint density at radius 1 is 1.42 bits per heavy atom. The number of nitrogens with two attached hydrogens (primary N) is 1. The van der Waals surface area contributed by atoms with Gasteiger partial charge >= 0.3 is 0 Å². The average Bonchev–Trinajstić information content (AvgIpc) is 3.01. The van der Waals surface area contributed by atoms with Crippen molar-refractivity contribution in [3.05, 3.63) is 23.9 Å². The molecule has 2 aliphatic carbocycles. The molecule has 1 aromatic rings. The Kier molecular flexibility index (Phi) is 3.48. The second-order valence-corrected chi connectivity index (χ2v) is 6.55. The van der Waals surface area contributed by atoms with Gasteiger partial charge in [0.05, 0.1) is 0 Å². The number of fused-ring (bicyclic) bond motifs is 2. The summed E-state index contributed by atoms with van der Waals surface area (Å²) in [5.41, 5.74) is 7.12. The highest BCUT2D eigenvalue weighted by molar-refractivity contribution is 5.41. The van der Waals surface area contributed by atoms with E-state index in [-0.39, 0.29) is 6.04 Å². The minimum atomic E-state index is 0.0812. The smallest absolute Gasteiger partial charge is 0.128 e. The summed E-state index contributed by atoms with van der Waals surface area (Å²) in [5, 5.41) is 0. The molecule has 19 heavy (non-hydrogen) atoms. The normalized spacial score (nSPS) is 30.6. The molecular weight excluding hydrogens is 234 g/mol. The monoisotopic (exact) mass is 259 g/mol. The van der Waals surface area contributed by atoms with E-state index in [1.165, 1.54) is 31.2 Å². The van der Waals surface area contributed by atoms with Crippen LogP contribution in [0.3, 0.4) is 0 Å². The molecule has 3 nitrogen and oxygen atoms in total. The molecule has 2 bridgehead atoms. The van der Waals surface area contributed by atoms with Gasteiger partial charge < -0.3 is 10.6 Å². The van der Waals surface area contributed by atoms with Crippen LogP contribution in [0, 0.1) is 17.8 Å². The molecule has 3 rings (SSSR count). The Labute approximate surface area is 116 Å². The molecule has 0 amide bonds. The van der Waals surface area contributed by atoms with E-state index < -0.39 is 0 Å². The van der Waals surface area contributed by atoms with E-state index in [1.54, 1.807) is 0 Å². The zero-order valence-electron chi connectivity index (χ0n) is 12.0. The van der Waals surface area contributed by atoms with Crippen molar-refractivity contribution >= 4 is 5.82 Å². The zero-order chi connectivity index (χ0) is 13.4. The van der Waals surface area contributed by atoms with Gasteiger partial charge in [-0.1, -0.05) is 6.42 Å². The summed E-state index contributed by atoms with van der Waals surface area (Å²) in [5.74, 6) is 3.94. The number of rotatable bonds is 4. The lowest BCUT2D eigenvalue weighted by molar-refractivity contribution is 0.337. The molecule has 0 radical (unpaired) electrons. The van der Waals surface area contributed by atoms with E-state index in [9.17, 15) is 0 Å². The summed E-state index contributed by atoms with van der Waals surface area (Å²) in [7, 11) is 2.17. The van der Waals surface area contributed by atoms with Crippen LogP contribution in [0.25, 0.3) is 0 Å². The molecule has 0 aliphatic heterocycles. The fraction of sp³-hybridized carbons (Fsp3) is 0.688. The molecule has 1 aromatic heterocycles. The Balaban J connectivity index is 1.66. The summed E-state index contributed by atoms with van der Waals surface area (Å²) in [6, 6.07) is 4.23. The Bertz CT molecular complexity index is 443. The van der Waals surface area contributed by atoms with Crippen molar-refractivity contribution in [1.29, 1.82) is 0 Å². The van der Waals surface area contributed by atoms with Crippen LogP contribution in [-0.2, 0) is 0 Å². The number of hydrogen-bond donors (Lipinski definition) is 1. The molecule has 3 unspecified atom stereocenters. The molecule has 104 valence electrons. The quantitative estimate of drug-likeness (QED) is 0.904. The van der Waals surface area contributed by atoms with E-state index in [0.29, 0.717) is 0 Å². The third-order valence-electron chi connectivity index (χ3n) is 5.08. The van der Waals surface area contributed by atoms with Gasteiger partial charge in [-0.3, -0.25) is 0 Å². The standard InChI is InChI=1S/C16H25N3/c1-11(17)13-5-6-18-16(9-13)19(2)10-15-8-12-3-4-14(15)7-12/h5-6,9,11-12,14-15H,3-4,7-8,10,17H2,1-2H3/t11-,12?,14?,15?/m0/s1. The number of nitrogens with zero attached hydrogens (tertiary/aromatic N) is 2. The van der Waals surface area contributed by atoms with E-state index in [1.807, 2.05) is 19.2 Å². The van der Waals surface area contributed by atoms with Gasteiger partial charge in [0.2, 0.25) is 0 Å². The van der Waals surface area contributed by atoms with Crippen LogP contribution in [0.2, 0.25) is 0 Å². The first kappa shape index (κ1) is 12.9. The van der Waals surface area contributed by atoms with Crippen molar-refractivity contribution in [1.82, 2.24) is 4.98 Å². The highest BCUT2D eigenvalue weighted by Crippen LogP contribution is 2.48. The molecule has 0 spiro atoms. The zero-order valence-corrected chi connectivity index (χ0v) is 12.0. The number of anilines is 1. The Morgan fingerprint density at radius 3 is 2.89 bits per heavy atom. The first-order valence-electron chi connectivity index (χ1n) is 7.56. The van der Waals surface area contributed by atoms with Crippen LogP contribution in [0.4, 0.5) is 5.82 Å². The third-order valence-corrected chi connectivity index (χ3v) is 5.08. The molecule has 3 heteroatoms. The molecule has 2 fully saturated rings. The highest BCUT2D eigenvalue weighted by atomic mass is 15.2. The molecule has 2 N–H and O–H groups in total. The summed E-state index contributed by atoms with van der Waals surface area (Å²) < 4.78 is 0. The third kappa shape index (κ3) is 2.62. The fourth-order valence-electron chi connectivity index (χ4n) is 3.97. The molecule has 4 atom stereocenters. The van der Waals surface area contributed by atoms with Gasteiger partial charge in [0.25, 0.3) is 0 Å². The van der Waals surface area contributed by atoms with Crippen molar-refractivity contribution in [3.63, 3.8) is 0 Å². The predicted molar refractivity (Wildman–Crippen MR) is 79.0 cm³/mol. The highest BCUT2D eigenvalue weighted by Gasteiger charge is 2.39. The first-order valence-corrected chi connectivity index (χ1v) is 7.56. The van der Waals surface area contributed by atoms with Gasteiger partial charge in [-0.25, -0.2) is 4.98 Å². The summed E-state index contributed by atoms with van der Waals surface area (Å²) in [4.78, 5) is 6.81. The second-order valence-electron chi connectivity index (χ2n) is 6.55. The maximum Gasteiger partial charge on any atom is 0.128 e. The van der Waals surface area contributed by atoms with Crippen LogP contribution in [0.5, 0.6) is 0 Å². The van der Waals surface area contributed by atoms with Crippen molar-refractivity contribution in [2.24, 2.45) is 23.5 Å². The molecule has 1 heterocycles. The second kappa shape index (κ2) is 5.12.